The molecule has 25 heavy (non-hydrogen) atoms. The van der Waals surface area contributed by atoms with Crippen LogP contribution in [0, 0.1) is 5.82 Å². The van der Waals surface area contributed by atoms with Crippen LogP contribution in [0.15, 0.2) is 30.5 Å². The summed E-state index contributed by atoms with van der Waals surface area (Å²) in [6.07, 6.45) is 1.94. The molecule has 2 aromatic heterocycles. The van der Waals surface area contributed by atoms with Gasteiger partial charge in [0.2, 0.25) is 11.8 Å². The molecule has 0 aliphatic heterocycles. The Bertz CT molecular complexity index is 894. The highest BCUT2D eigenvalue weighted by Crippen LogP contribution is 2.24. The summed E-state index contributed by atoms with van der Waals surface area (Å²) in [6.45, 7) is 3.61. The molecular formula is C17H18FN5O2. The number of hydrogen-bond donors (Lipinski definition) is 2. The average Bonchev–Trinajstić information content (AvgIpc) is 2.54. The van der Waals surface area contributed by atoms with E-state index in [2.05, 4.69) is 19.9 Å². The Labute approximate surface area is 143 Å². The predicted octanol–water partition coefficient (Wildman–Crippen LogP) is 2.35. The Kier molecular flexibility index (Phi) is 4.45. The molecule has 130 valence electrons. The molecule has 3 N–H and O–H groups in total. The fourth-order valence-electron chi connectivity index (χ4n) is 2.16. The third-order valence-electron chi connectivity index (χ3n) is 3.48. The van der Waals surface area contributed by atoms with E-state index in [1.807, 2.05) is 0 Å². The maximum Gasteiger partial charge on any atom is 0.247 e. The van der Waals surface area contributed by atoms with E-state index in [0.717, 1.165) is 0 Å². The highest BCUT2D eigenvalue weighted by atomic mass is 19.1. The molecule has 8 heteroatoms. The van der Waals surface area contributed by atoms with Crippen LogP contribution in [-0.4, -0.2) is 37.3 Å². The van der Waals surface area contributed by atoms with Gasteiger partial charge in [-0.05, 0) is 38.1 Å². The van der Waals surface area contributed by atoms with Gasteiger partial charge in [0.1, 0.15) is 5.82 Å². The Morgan fingerprint density at radius 3 is 2.56 bits per heavy atom. The zero-order valence-corrected chi connectivity index (χ0v) is 13.9. The number of nitrogens with zero attached hydrogens (tertiary/aromatic N) is 4. The molecule has 0 atom stereocenters. The molecule has 7 nitrogen and oxygen atoms in total. The minimum Gasteiger partial charge on any atom is -0.476 e. The molecule has 0 fully saturated rings. The van der Waals surface area contributed by atoms with Crippen LogP contribution in [0.2, 0.25) is 0 Å². The van der Waals surface area contributed by atoms with Gasteiger partial charge in [-0.1, -0.05) is 0 Å². The smallest absolute Gasteiger partial charge is 0.247 e. The maximum absolute atomic E-state index is 13.1. The van der Waals surface area contributed by atoms with Crippen molar-refractivity contribution in [3.8, 4) is 17.1 Å². The molecule has 0 saturated carbocycles. The van der Waals surface area contributed by atoms with E-state index >= 15 is 0 Å². The number of rotatable bonds is 5. The summed E-state index contributed by atoms with van der Waals surface area (Å²) in [5, 5.41) is 9.78. The highest BCUT2D eigenvalue weighted by Gasteiger charge is 2.16. The third-order valence-corrected chi connectivity index (χ3v) is 3.48. The monoisotopic (exact) mass is 343 g/mol. The molecule has 0 bridgehead atoms. The van der Waals surface area contributed by atoms with Crippen molar-refractivity contribution in [3.63, 3.8) is 0 Å². The highest BCUT2D eigenvalue weighted by molar-refractivity contribution is 5.79. The van der Waals surface area contributed by atoms with Crippen molar-refractivity contribution in [1.29, 1.82) is 0 Å². The number of fused-ring (bicyclic) bond motifs is 1. The molecule has 0 spiro atoms. The summed E-state index contributed by atoms with van der Waals surface area (Å²) in [4.78, 5) is 16.8. The zero-order valence-electron chi connectivity index (χ0n) is 13.9. The summed E-state index contributed by atoms with van der Waals surface area (Å²) in [5.41, 5.74) is 6.72. The lowest BCUT2D eigenvalue weighted by atomic mass is 10.1. The van der Waals surface area contributed by atoms with Crippen molar-refractivity contribution in [3.05, 3.63) is 36.3 Å². The summed E-state index contributed by atoms with van der Waals surface area (Å²) in [6, 6.07) is 5.92. The van der Waals surface area contributed by atoms with E-state index in [9.17, 15) is 9.50 Å². The molecule has 0 unspecified atom stereocenters. The van der Waals surface area contributed by atoms with Gasteiger partial charge < -0.3 is 15.6 Å². The summed E-state index contributed by atoms with van der Waals surface area (Å²) in [7, 11) is 0. The normalized spacial score (nSPS) is 11.7. The number of ether oxygens (including phenoxy) is 1. The molecule has 0 aliphatic carbocycles. The first-order chi connectivity index (χ1) is 11.8. The number of aromatic nitrogens is 4. The lowest BCUT2D eigenvalue weighted by Gasteiger charge is -2.17. The van der Waals surface area contributed by atoms with Crippen LogP contribution < -0.4 is 10.5 Å². The summed E-state index contributed by atoms with van der Waals surface area (Å²) >= 11 is 0. The number of benzene rings is 1. The fourth-order valence-corrected chi connectivity index (χ4v) is 2.16. The minimum atomic E-state index is -0.862. The van der Waals surface area contributed by atoms with Crippen LogP contribution in [0.5, 0.6) is 5.88 Å². The summed E-state index contributed by atoms with van der Waals surface area (Å²) in [5.74, 6) is -0.109. The molecule has 0 amide bonds. The van der Waals surface area contributed by atoms with Gasteiger partial charge in [0.15, 0.2) is 11.2 Å². The zero-order chi connectivity index (χ0) is 18.0. The van der Waals surface area contributed by atoms with E-state index in [-0.39, 0.29) is 24.3 Å². The molecule has 0 radical (unpaired) electrons. The number of aliphatic hydroxyl groups is 1. The van der Waals surface area contributed by atoms with Gasteiger partial charge >= 0.3 is 0 Å². The second kappa shape index (κ2) is 6.56. The molecular weight excluding hydrogens is 325 g/mol. The second-order valence-corrected chi connectivity index (χ2v) is 6.23. The van der Waals surface area contributed by atoms with Crippen LogP contribution in [-0.2, 0) is 0 Å². The Morgan fingerprint density at radius 1 is 1.16 bits per heavy atom. The molecule has 3 rings (SSSR count). The number of nitrogens with two attached hydrogens (primary N) is 1. The quantitative estimate of drug-likeness (QED) is 0.732. The van der Waals surface area contributed by atoms with Crippen molar-refractivity contribution in [2.45, 2.75) is 25.9 Å². The van der Waals surface area contributed by atoms with E-state index in [1.165, 1.54) is 18.3 Å². The average molecular weight is 343 g/mol. The number of nitrogen functional groups attached to an aromatic ring is 1. The number of anilines is 1. The van der Waals surface area contributed by atoms with Gasteiger partial charge in [0.25, 0.3) is 0 Å². The predicted molar refractivity (Wildman–Crippen MR) is 91.3 cm³/mol. The van der Waals surface area contributed by atoms with Crippen LogP contribution in [0.1, 0.15) is 20.3 Å². The largest absolute Gasteiger partial charge is 0.476 e. The first kappa shape index (κ1) is 17.0. The van der Waals surface area contributed by atoms with Crippen molar-refractivity contribution in [2.75, 3.05) is 12.3 Å². The van der Waals surface area contributed by atoms with Gasteiger partial charge in [0.05, 0.1) is 24.1 Å². The van der Waals surface area contributed by atoms with Gasteiger partial charge in [0, 0.05) is 12.0 Å². The molecule has 1 aromatic carbocycles. The Hall–Kier alpha value is -2.87. The van der Waals surface area contributed by atoms with Crippen molar-refractivity contribution in [1.82, 2.24) is 19.9 Å². The van der Waals surface area contributed by atoms with E-state index in [4.69, 9.17) is 10.5 Å². The van der Waals surface area contributed by atoms with Gasteiger partial charge in [-0.15, -0.1) is 0 Å². The van der Waals surface area contributed by atoms with Crippen LogP contribution >= 0.6 is 0 Å². The van der Waals surface area contributed by atoms with Gasteiger partial charge in [-0.3, -0.25) is 0 Å². The van der Waals surface area contributed by atoms with E-state index < -0.39 is 5.60 Å². The van der Waals surface area contributed by atoms with Gasteiger partial charge in [-0.25, -0.2) is 14.4 Å². The summed E-state index contributed by atoms with van der Waals surface area (Å²) < 4.78 is 18.7. The first-order valence-electron chi connectivity index (χ1n) is 7.73. The topological polar surface area (TPSA) is 107 Å². The van der Waals surface area contributed by atoms with Crippen LogP contribution in [0.3, 0.4) is 0 Å². The second-order valence-electron chi connectivity index (χ2n) is 6.23. The van der Waals surface area contributed by atoms with E-state index in [0.29, 0.717) is 28.8 Å². The SMILES string of the molecule is CC(C)(O)CCOc1nc(N)nc2ncc(-c3ccc(F)cc3)nc12. The lowest BCUT2D eigenvalue weighted by molar-refractivity contribution is 0.0549. The molecule has 2 heterocycles. The molecule has 0 aliphatic rings. The minimum absolute atomic E-state index is 0.0228. The number of hydrogen-bond acceptors (Lipinski definition) is 7. The van der Waals surface area contributed by atoms with Crippen molar-refractivity contribution >= 4 is 17.1 Å². The van der Waals surface area contributed by atoms with Crippen LogP contribution in [0.25, 0.3) is 22.4 Å². The standard InChI is InChI=1S/C17H18FN5O2/c1-17(2,24)7-8-25-15-13-14(22-16(19)23-15)20-9-12(21-13)10-3-5-11(18)6-4-10/h3-6,9,24H,7-8H2,1-2H3,(H2,19,20,22,23). The fraction of sp³-hybridized carbons (Fsp3) is 0.294. The van der Waals surface area contributed by atoms with E-state index in [1.54, 1.807) is 26.0 Å². The molecule has 0 saturated heterocycles. The first-order valence-corrected chi connectivity index (χ1v) is 7.73. The Morgan fingerprint density at radius 2 is 1.88 bits per heavy atom. The van der Waals surface area contributed by atoms with Gasteiger partial charge in [-0.2, -0.15) is 9.97 Å². The van der Waals surface area contributed by atoms with Crippen LogP contribution in [0.4, 0.5) is 10.3 Å². The van der Waals surface area contributed by atoms with Crippen molar-refractivity contribution < 1.29 is 14.2 Å². The Balaban J connectivity index is 1.97. The molecule has 3 aromatic rings. The maximum atomic E-state index is 13.1. The van der Waals surface area contributed by atoms with Crippen molar-refractivity contribution in [2.24, 2.45) is 0 Å². The lowest BCUT2D eigenvalue weighted by Crippen LogP contribution is -2.22. The third kappa shape index (κ3) is 4.16. The number of halogens is 1.